The highest BCUT2D eigenvalue weighted by Crippen LogP contribution is 2.18. The fourth-order valence-electron chi connectivity index (χ4n) is 1.84. The molecular weight excluding hydrogens is 273 g/mol. The first-order chi connectivity index (χ1) is 9.91. The molecule has 0 atom stereocenters. The van der Waals surface area contributed by atoms with Crippen molar-refractivity contribution in [1.82, 2.24) is 10.2 Å². The molecule has 0 heterocycles. The Bertz CT molecular complexity index is 492. The van der Waals surface area contributed by atoms with Crippen molar-refractivity contribution in [2.24, 2.45) is 0 Å². The number of anilines is 1. The van der Waals surface area contributed by atoms with Crippen LogP contribution in [-0.2, 0) is 9.59 Å². The Labute approximate surface area is 124 Å². The number of para-hydroxylation sites is 1. The number of halogens is 1. The Morgan fingerprint density at radius 2 is 1.86 bits per heavy atom. The first kappa shape index (κ1) is 17.1. The van der Waals surface area contributed by atoms with Gasteiger partial charge in [-0.25, -0.2) is 4.39 Å². The second kappa shape index (κ2) is 8.36. The summed E-state index contributed by atoms with van der Waals surface area (Å²) in [5, 5.41) is 2.76. The van der Waals surface area contributed by atoms with Gasteiger partial charge in [0, 0.05) is 33.0 Å². The van der Waals surface area contributed by atoms with E-state index in [0.717, 1.165) is 6.54 Å². The first-order valence-corrected chi connectivity index (χ1v) is 6.86. The topological polar surface area (TPSA) is 52.7 Å². The van der Waals surface area contributed by atoms with E-state index in [0.29, 0.717) is 6.54 Å². The molecule has 0 radical (unpaired) electrons. The Hall–Kier alpha value is -1.95. The molecule has 0 bridgehead atoms. The zero-order valence-electron chi connectivity index (χ0n) is 12.7. The Kier molecular flexibility index (Phi) is 6.81. The molecule has 0 aliphatic rings. The largest absolute Gasteiger partial charge is 0.355 e. The van der Waals surface area contributed by atoms with Gasteiger partial charge in [-0.05, 0) is 26.2 Å². The highest BCUT2D eigenvalue weighted by atomic mass is 19.1. The minimum atomic E-state index is -0.472. The number of carbonyl (C=O) groups excluding carboxylic acids is 2. The Morgan fingerprint density at radius 1 is 1.19 bits per heavy atom. The first-order valence-electron chi connectivity index (χ1n) is 6.86. The van der Waals surface area contributed by atoms with E-state index in [1.54, 1.807) is 12.1 Å². The zero-order chi connectivity index (χ0) is 15.8. The summed E-state index contributed by atoms with van der Waals surface area (Å²) in [5.41, 5.74) is 0.200. The molecule has 21 heavy (non-hydrogen) atoms. The normalized spacial score (nSPS) is 10.5. The van der Waals surface area contributed by atoms with Gasteiger partial charge in [-0.2, -0.15) is 0 Å². The summed E-state index contributed by atoms with van der Waals surface area (Å²) in [5.74, 6) is -0.915. The van der Waals surface area contributed by atoms with Crippen LogP contribution in [0.25, 0.3) is 0 Å². The third-order valence-electron chi connectivity index (χ3n) is 2.97. The van der Waals surface area contributed by atoms with Gasteiger partial charge in [0.25, 0.3) is 0 Å². The van der Waals surface area contributed by atoms with Gasteiger partial charge in [-0.1, -0.05) is 12.1 Å². The van der Waals surface area contributed by atoms with Gasteiger partial charge in [-0.15, -0.1) is 0 Å². The molecule has 1 aromatic carbocycles. The van der Waals surface area contributed by atoms with Gasteiger partial charge in [0.05, 0.1) is 5.69 Å². The third kappa shape index (κ3) is 5.91. The van der Waals surface area contributed by atoms with Crippen LogP contribution in [0.3, 0.4) is 0 Å². The summed E-state index contributed by atoms with van der Waals surface area (Å²) in [6, 6.07) is 6.04. The highest BCUT2D eigenvalue weighted by Gasteiger charge is 2.16. The Balaban J connectivity index is 2.55. The molecule has 0 saturated carbocycles. The molecule has 0 aliphatic carbocycles. The molecule has 6 heteroatoms. The van der Waals surface area contributed by atoms with Gasteiger partial charge in [-0.3, -0.25) is 9.59 Å². The average Bonchev–Trinajstić information content (AvgIpc) is 2.40. The van der Waals surface area contributed by atoms with Crippen LogP contribution in [-0.4, -0.2) is 50.4 Å². The summed E-state index contributed by atoms with van der Waals surface area (Å²) < 4.78 is 13.7. The summed E-state index contributed by atoms with van der Waals surface area (Å²) >= 11 is 0. The Morgan fingerprint density at radius 3 is 2.43 bits per heavy atom. The summed E-state index contributed by atoms with van der Waals surface area (Å²) in [6.07, 6.45) is 0.140. The molecule has 0 unspecified atom stereocenters. The van der Waals surface area contributed by atoms with E-state index in [4.69, 9.17) is 0 Å². The molecule has 1 N–H and O–H groups in total. The van der Waals surface area contributed by atoms with Gasteiger partial charge in [0.1, 0.15) is 5.82 Å². The van der Waals surface area contributed by atoms with Crippen molar-refractivity contribution in [3.63, 3.8) is 0 Å². The summed E-state index contributed by atoms with van der Waals surface area (Å²) in [7, 11) is 3.84. The molecule has 1 aromatic rings. The minimum absolute atomic E-state index is 0.140. The molecule has 0 saturated heterocycles. The quantitative estimate of drug-likeness (QED) is 0.823. The van der Waals surface area contributed by atoms with E-state index < -0.39 is 5.82 Å². The summed E-state index contributed by atoms with van der Waals surface area (Å²) in [6.45, 7) is 2.81. The number of likely N-dealkylation sites (N-methyl/N-ethyl adjacent to an activating group) is 1. The minimum Gasteiger partial charge on any atom is -0.355 e. The number of rotatable bonds is 7. The van der Waals surface area contributed by atoms with Crippen molar-refractivity contribution in [3.8, 4) is 0 Å². The molecule has 2 amide bonds. The summed E-state index contributed by atoms with van der Waals surface area (Å²) in [4.78, 5) is 26.6. The van der Waals surface area contributed by atoms with Crippen molar-refractivity contribution in [2.75, 3.05) is 38.6 Å². The van der Waals surface area contributed by atoms with Crippen LogP contribution >= 0.6 is 0 Å². The van der Waals surface area contributed by atoms with Gasteiger partial charge < -0.3 is 15.1 Å². The van der Waals surface area contributed by atoms with Crippen molar-refractivity contribution in [2.45, 2.75) is 13.3 Å². The number of amides is 2. The molecule has 116 valence electrons. The molecule has 0 aliphatic heterocycles. The maximum absolute atomic E-state index is 13.7. The lowest BCUT2D eigenvalue weighted by Crippen LogP contribution is -2.36. The van der Waals surface area contributed by atoms with Crippen LogP contribution in [0.4, 0.5) is 10.1 Å². The molecule has 0 spiro atoms. The van der Waals surface area contributed by atoms with Crippen LogP contribution in [0.5, 0.6) is 0 Å². The van der Waals surface area contributed by atoms with Crippen molar-refractivity contribution < 1.29 is 14.0 Å². The lowest BCUT2D eigenvalue weighted by molar-refractivity contribution is -0.121. The smallest absolute Gasteiger partial charge is 0.223 e. The van der Waals surface area contributed by atoms with Crippen molar-refractivity contribution in [1.29, 1.82) is 0 Å². The number of hydrogen-bond acceptors (Lipinski definition) is 3. The van der Waals surface area contributed by atoms with E-state index in [1.165, 1.54) is 24.0 Å². The SMILES string of the molecule is CC(=O)N(CCC(=O)NCCN(C)C)c1ccccc1F. The lowest BCUT2D eigenvalue weighted by Gasteiger charge is -2.21. The maximum atomic E-state index is 13.7. The molecule has 0 aromatic heterocycles. The van der Waals surface area contributed by atoms with Crippen molar-refractivity contribution in [3.05, 3.63) is 30.1 Å². The third-order valence-corrected chi connectivity index (χ3v) is 2.97. The van der Waals surface area contributed by atoms with Crippen LogP contribution in [0.2, 0.25) is 0 Å². The maximum Gasteiger partial charge on any atom is 0.223 e. The number of nitrogens with one attached hydrogen (secondary N) is 1. The van der Waals surface area contributed by atoms with Crippen LogP contribution in [0.15, 0.2) is 24.3 Å². The van der Waals surface area contributed by atoms with E-state index in [2.05, 4.69) is 5.32 Å². The molecule has 1 rings (SSSR count). The second-order valence-corrected chi connectivity index (χ2v) is 5.03. The van der Waals surface area contributed by atoms with Crippen LogP contribution in [0.1, 0.15) is 13.3 Å². The number of benzene rings is 1. The van der Waals surface area contributed by atoms with Gasteiger partial charge in [0.15, 0.2) is 0 Å². The monoisotopic (exact) mass is 295 g/mol. The number of carbonyl (C=O) groups is 2. The van der Waals surface area contributed by atoms with Gasteiger partial charge in [0.2, 0.25) is 11.8 Å². The van der Waals surface area contributed by atoms with E-state index in [1.807, 2.05) is 19.0 Å². The highest BCUT2D eigenvalue weighted by molar-refractivity contribution is 5.92. The predicted octanol–water partition coefficient (Wildman–Crippen LogP) is 1.25. The van der Waals surface area contributed by atoms with Crippen molar-refractivity contribution >= 4 is 17.5 Å². The lowest BCUT2D eigenvalue weighted by atomic mass is 10.2. The average molecular weight is 295 g/mol. The fraction of sp³-hybridized carbons (Fsp3) is 0.467. The second-order valence-electron chi connectivity index (χ2n) is 5.03. The number of nitrogens with zero attached hydrogens (tertiary/aromatic N) is 2. The van der Waals surface area contributed by atoms with Crippen LogP contribution < -0.4 is 10.2 Å². The molecule has 0 fully saturated rings. The standard InChI is InChI=1S/C15H22FN3O2/c1-12(20)19(14-7-5-4-6-13(14)16)10-8-15(21)17-9-11-18(2)3/h4-7H,8-11H2,1-3H3,(H,17,21). The predicted molar refractivity (Wildman–Crippen MR) is 80.6 cm³/mol. The van der Waals surface area contributed by atoms with E-state index in [-0.39, 0.29) is 30.5 Å². The molecular formula is C15H22FN3O2. The number of hydrogen-bond donors (Lipinski definition) is 1. The van der Waals surface area contributed by atoms with E-state index >= 15 is 0 Å². The van der Waals surface area contributed by atoms with Gasteiger partial charge >= 0.3 is 0 Å². The van der Waals surface area contributed by atoms with Crippen LogP contribution in [0, 0.1) is 5.82 Å². The fourth-order valence-corrected chi connectivity index (χ4v) is 1.84. The molecule has 5 nitrogen and oxygen atoms in total. The van der Waals surface area contributed by atoms with E-state index in [9.17, 15) is 14.0 Å². The zero-order valence-corrected chi connectivity index (χ0v) is 12.7.